The van der Waals surface area contributed by atoms with Gasteiger partial charge in [0, 0.05) is 37.6 Å². The second-order valence-corrected chi connectivity index (χ2v) is 6.09. The van der Waals surface area contributed by atoms with E-state index in [0.29, 0.717) is 12.0 Å². The van der Waals surface area contributed by atoms with Gasteiger partial charge in [0.15, 0.2) is 0 Å². The second kappa shape index (κ2) is 6.69. The van der Waals surface area contributed by atoms with Gasteiger partial charge >= 0.3 is 0 Å². The van der Waals surface area contributed by atoms with Gasteiger partial charge in [0.2, 0.25) is 0 Å². The number of likely N-dealkylation sites (N-methyl/N-ethyl adjacent to an activating group) is 1. The quantitative estimate of drug-likeness (QED) is 0.789. The first-order chi connectivity index (χ1) is 8.70. The van der Waals surface area contributed by atoms with Crippen LogP contribution in [0.15, 0.2) is 30.3 Å². The van der Waals surface area contributed by atoms with E-state index in [4.69, 9.17) is 0 Å². The highest BCUT2D eigenvalue weighted by Gasteiger charge is 2.27. The summed E-state index contributed by atoms with van der Waals surface area (Å²) in [5.74, 6) is 0.708. The maximum Gasteiger partial charge on any atom is 0.0475 e. The smallest absolute Gasteiger partial charge is 0.0475 e. The van der Waals surface area contributed by atoms with Crippen LogP contribution in [-0.2, 0) is 0 Å². The van der Waals surface area contributed by atoms with E-state index in [2.05, 4.69) is 70.0 Å². The van der Waals surface area contributed by atoms with Crippen molar-refractivity contribution >= 4 is 15.9 Å². The molecule has 2 unspecified atom stereocenters. The molecule has 1 heterocycles. The third-order valence-corrected chi connectivity index (χ3v) is 4.79. The third kappa shape index (κ3) is 3.56. The van der Waals surface area contributed by atoms with Gasteiger partial charge in [-0.2, -0.15) is 0 Å². The molecule has 0 radical (unpaired) electrons. The maximum absolute atomic E-state index is 3.59. The SMILES string of the molecule is CC(CBr)CN1CCN(C)CC1c1ccccc1. The molecule has 1 saturated heterocycles. The number of hydrogen-bond donors (Lipinski definition) is 0. The van der Waals surface area contributed by atoms with Crippen LogP contribution in [0.4, 0.5) is 0 Å². The number of benzene rings is 1. The summed E-state index contributed by atoms with van der Waals surface area (Å²) < 4.78 is 0. The molecular weight excluding hydrogens is 288 g/mol. The number of halogens is 1. The lowest BCUT2D eigenvalue weighted by Gasteiger charge is -2.41. The van der Waals surface area contributed by atoms with Gasteiger partial charge in [-0.15, -0.1) is 0 Å². The van der Waals surface area contributed by atoms with Gasteiger partial charge in [-0.3, -0.25) is 4.90 Å². The first-order valence-electron chi connectivity index (χ1n) is 6.74. The van der Waals surface area contributed by atoms with Crippen molar-refractivity contribution in [3.63, 3.8) is 0 Å². The van der Waals surface area contributed by atoms with E-state index < -0.39 is 0 Å². The van der Waals surface area contributed by atoms with E-state index >= 15 is 0 Å². The van der Waals surface area contributed by atoms with E-state index in [1.54, 1.807) is 0 Å². The highest BCUT2D eigenvalue weighted by Crippen LogP contribution is 2.25. The van der Waals surface area contributed by atoms with E-state index in [0.717, 1.165) is 11.9 Å². The molecule has 2 rings (SSSR count). The number of hydrogen-bond acceptors (Lipinski definition) is 2. The zero-order chi connectivity index (χ0) is 13.0. The summed E-state index contributed by atoms with van der Waals surface area (Å²) in [4.78, 5) is 5.08. The lowest BCUT2D eigenvalue weighted by molar-refractivity contribution is 0.0801. The Labute approximate surface area is 119 Å². The summed E-state index contributed by atoms with van der Waals surface area (Å²) >= 11 is 3.59. The average molecular weight is 311 g/mol. The van der Waals surface area contributed by atoms with Crippen LogP contribution in [0, 0.1) is 5.92 Å². The fourth-order valence-electron chi connectivity index (χ4n) is 2.62. The predicted octanol–water partition coefficient (Wildman–Crippen LogP) is 3.01. The molecule has 3 heteroatoms. The van der Waals surface area contributed by atoms with Gasteiger partial charge in [-0.25, -0.2) is 0 Å². The van der Waals surface area contributed by atoms with E-state index in [-0.39, 0.29) is 0 Å². The first kappa shape index (κ1) is 14.0. The molecule has 1 aliphatic heterocycles. The highest BCUT2D eigenvalue weighted by molar-refractivity contribution is 9.09. The molecule has 18 heavy (non-hydrogen) atoms. The fraction of sp³-hybridized carbons (Fsp3) is 0.600. The monoisotopic (exact) mass is 310 g/mol. The van der Waals surface area contributed by atoms with Crippen molar-refractivity contribution in [2.75, 3.05) is 38.6 Å². The molecule has 0 spiro atoms. The van der Waals surface area contributed by atoms with Crippen molar-refractivity contribution in [3.8, 4) is 0 Å². The molecule has 100 valence electrons. The summed E-state index contributed by atoms with van der Waals surface area (Å²) in [5, 5.41) is 1.08. The Morgan fingerprint density at radius 1 is 1.28 bits per heavy atom. The molecule has 2 nitrogen and oxygen atoms in total. The Kier molecular flexibility index (Phi) is 5.22. The van der Waals surface area contributed by atoms with Gasteiger partial charge < -0.3 is 4.90 Å². The summed E-state index contributed by atoms with van der Waals surface area (Å²) in [6.07, 6.45) is 0. The lowest BCUT2D eigenvalue weighted by atomic mass is 10.0. The van der Waals surface area contributed by atoms with Crippen LogP contribution in [0.25, 0.3) is 0 Å². The first-order valence-corrected chi connectivity index (χ1v) is 7.86. The van der Waals surface area contributed by atoms with Crippen LogP contribution in [0.5, 0.6) is 0 Å². The standard InChI is InChI=1S/C15H23BrN2/c1-13(10-16)11-18-9-8-17(2)12-15(18)14-6-4-3-5-7-14/h3-7,13,15H,8-12H2,1-2H3. The average Bonchev–Trinajstić information content (AvgIpc) is 2.41. The molecule has 0 N–H and O–H groups in total. The highest BCUT2D eigenvalue weighted by atomic mass is 79.9. The normalized spacial score (nSPS) is 24.1. The van der Waals surface area contributed by atoms with E-state index in [1.165, 1.54) is 25.2 Å². The van der Waals surface area contributed by atoms with Crippen molar-refractivity contribution in [2.24, 2.45) is 5.92 Å². The van der Waals surface area contributed by atoms with Gasteiger partial charge in [-0.1, -0.05) is 53.2 Å². The largest absolute Gasteiger partial charge is 0.303 e. The van der Waals surface area contributed by atoms with Gasteiger partial charge in [0.25, 0.3) is 0 Å². The van der Waals surface area contributed by atoms with Crippen molar-refractivity contribution in [1.82, 2.24) is 9.80 Å². The van der Waals surface area contributed by atoms with Crippen molar-refractivity contribution < 1.29 is 0 Å². The Morgan fingerprint density at radius 3 is 2.67 bits per heavy atom. The van der Waals surface area contributed by atoms with Gasteiger partial charge in [0.1, 0.15) is 0 Å². The van der Waals surface area contributed by atoms with E-state index in [9.17, 15) is 0 Å². The summed E-state index contributed by atoms with van der Waals surface area (Å²) in [7, 11) is 2.22. The van der Waals surface area contributed by atoms with Gasteiger partial charge in [0.05, 0.1) is 0 Å². The minimum Gasteiger partial charge on any atom is -0.303 e. The molecule has 0 saturated carbocycles. The summed E-state index contributed by atoms with van der Waals surface area (Å²) in [5.41, 5.74) is 1.45. The van der Waals surface area contributed by atoms with Crippen LogP contribution in [0.1, 0.15) is 18.5 Å². The van der Waals surface area contributed by atoms with Crippen molar-refractivity contribution in [3.05, 3.63) is 35.9 Å². The van der Waals surface area contributed by atoms with Crippen LogP contribution >= 0.6 is 15.9 Å². The molecule has 1 fully saturated rings. The van der Waals surface area contributed by atoms with Crippen LogP contribution in [0.3, 0.4) is 0 Å². The Balaban J connectivity index is 2.11. The number of rotatable bonds is 4. The van der Waals surface area contributed by atoms with E-state index in [1.807, 2.05) is 0 Å². The molecule has 0 bridgehead atoms. The summed E-state index contributed by atoms with van der Waals surface area (Å²) in [6.45, 7) is 6.98. The molecule has 2 atom stereocenters. The molecule has 1 aromatic rings. The minimum atomic E-state index is 0.548. The molecule has 1 aromatic carbocycles. The van der Waals surface area contributed by atoms with Crippen molar-refractivity contribution in [1.29, 1.82) is 0 Å². The zero-order valence-corrected chi connectivity index (χ0v) is 12.9. The second-order valence-electron chi connectivity index (χ2n) is 5.44. The molecule has 0 amide bonds. The van der Waals surface area contributed by atoms with Crippen LogP contribution < -0.4 is 0 Å². The summed E-state index contributed by atoms with van der Waals surface area (Å²) in [6, 6.07) is 11.5. The maximum atomic E-state index is 3.59. The zero-order valence-electron chi connectivity index (χ0n) is 11.3. The van der Waals surface area contributed by atoms with Crippen LogP contribution in [-0.4, -0.2) is 48.4 Å². The number of alkyl halides is 1. The van der Waals surface area contributed by atoms with Crippen LogP contribution in [0.2, 0.25) is 0 Å². The topological polar surface area (TPSA) is 6.48 Å². The number of piperazine rings is 1. The third-order valence-electron chi connectivity index (χ3n) is 3.69. The Hall–Kier alpha value is -0.380. The minimum absolute atomic E-state index is 0.548. The molecule has 1 aliphatic rings. The molecule has 0 aliphatic carbocycles. The Morgan fingerprint density at radius 2 is 2.00 bits per heavy atom. The Bertz CT molecular complexity index is 355. The molecular formula is C15H23BrN2. The van der Waals surface area contributed by atoms with Crippen molar-refractivity contribution in [2.45, 2.75) is 13.0 Å². The van der Waals surface area contributed by atoms with Gasteiger partial charge in [-0.05, 0) is 18.5 Å². The lowest BCUT2D eigenvalue weighted by Crippen LogP contribution is -2.48. The molecule has 0 aromatic heterocycles. The predicted molar refractivity (Wildman–Crippen MR) is 81.2 cm³/mol. The number of nitrogens with zero attached hydrogens (tertiary/aromatic N) is 2. The fourth-order valence-corrected chi connectivity index (χ4v) is 2.82.